The number of carbonyl (C=O) groups excluding carboxylic acids is 1. The van der Waals surface area contributed by atoms with E-state index in [1.165, 1.54) is 18.2 Å². The molecule has 0 aliphatic carbocycles. The van der Waals surface area contributed by atoms with Crippen LogP contribution in [-0.2, 0) is 0 Å². The van der Waals surface area contributed by atoms with E-state index in [1.807, 2.05) is 4.90 Å². The number of aromatic hydroxyl groups is 2. The van der Waals surface area contributed by atoms with Crippen molar-refractivity contribution in [2.75, 3.05) is 6.54 Å². The van der Waals surface area contributed by atoms with E-state index in [4.69, 9.17) is 0 Å². The van der Waals surface area contributed by atoms with Crippen molar-refractivity contribution in [1.29, 1.82) is 0 Å². The van der Waals surface area contributed by atoms with Gasteiger partial charge in [-0.3, -0.25) is 4.79 Å². The minimum absolute atomic E-state index is 0.0828. The zero-order valence-corrected chi connectivity index (χ0v) is 9.89. The fourth-order valence-electron chi connectivity index (χ4n) is 2.41. The van der Waals surface area contributed by atoms with Gasteiger partial charge < -0.3 is 15.1 Å². The maximum absolute atomic E-state index is 12.2. The first kappa shape index (κ1) is 11.8. The molecule has 0 bridgehead atoms. The van der Waals surface area contributed by atoms with Crippen molar-refractivity contribution < 1.29 is 15.0 Å². The van der Waals surface area contributed by atoms with Crippen LogP contribution in [0.5, 0.6) is 11.5 Å². The van der Waals surface area contributed by atoms with E-state index in [2.05, 4.69) is 6.92 Å². The van der Waals surface area contributed by atoms with E-state index >= 15 is 0 Å². The summed E-state index contributed by atoms with van der Waals surface area (Å²) in [5, 5.41) is 18.8. The third kappa shape index (κ3) is 2.35. The summed E-state index contributed by atoms with van der Waals surface area (Å²) < 4.78 is 0. The summed E-state index contributed by atoms with van der Waals surface area (Å²) in [4.78, 5) is 14.1. The number of hydrogen-bond acceptors (Lipinski definition) is 3. The lowest BCUT2D eigenvalue weighted by atomic mass is 10.1. The van der Waals surface area contributed by atoms with E-state index in [0.29, 0.717) is 5.56 Å². The summed E-state index contributed by atoms with van der Waals surface area (Å²) in [6.07, 6.45) is 3.00. The Hall–Kier alpha value is -1.71. The molecule has 0 aromatic heterocycles. The first-order chi connectivity index (χ1) is 8.11. The highest BCUT2D eigenvalue weighted by atomic mass is 16.3. The van der Waals surface area contributed by atoms with Gasteiger partial charge in [0.15, 0.2) is 0 Å². The SMILES string of the molecule is CCC1CCCN1C(=O)c1cc(O)cc(O)c1. The highest BCUT2D eigenvalue weighted by Gasteiger charge is 2.28. The van der Waals surface area contributed by atoms with Gasteiger partial charge in [0.25, 0.3) is 5.91 Å². The highest BCUT2D eigenvalue weighted by molar-refractivity contribution is 5.95. The zero-order valence-electron chi connectivity index (χ0n) is 9.89. The Morgan fingerprint density at radius 2 is 2.00 bits per heavy atom. The van der Waals surface area contributed by atoms with E-state index < -0.39 is 0 Å². The van der Waals surface area contributed by atoms with Gasteiger partial charge in [-0.2, -0.15) is 0 Å². The topological polar surface area (TPSA) is 60.8 Å². The predicted octanol–water partition coefficient (Wildman–Crippen LogP) is 2.11. The van der Waals surface area contributed by atoms with Gasteiger partial charge in [0.2, 0.25) is 0 Å². The van der Waals surface area contributed by atoms with Gasteiger partial charge in [-0.25, -0.2) is 0 Å². The minimum atomic E-state index is -0.111. The summed E-state index contributed by atoms with van der Waals surface area (Å²) in [7, 11) is 0. The van der Waals surface area contributed by atoms with Crippen molar-refractivity contribution in [3.63, 3.8) is 0 Å². The molecule has 1 atom stereocenters. The number of benzene rings is 1. The Labute approximate surface area is 100 Å². The molecule has 17 heavy (non-hydrogen) atoms. The molecule has 92 valence electrons. The molecular weight excluding hydrogens is 218 g/mol. The Kier molecular flexibility index (Phi) is 3.22. The first-order valence-corrected chi connectivity index (χ1v) is 5.96. The zero-order chi connectivity index (χ0) is 12.4. The van der Waals surface area contributed by atoms with Crippen molar-refractivity contribution in [3.05, 3.63) is 23.8 Å². The van der Waals surface area contributed by atoms with Crippen molar-refractivity contribution >= 4 is 5.91 Å². The molecule has 1 saturated heterocycles. The summed E-state index contributed by atoms with van der Waals surface area (Å²) >= 11 is 0. The normalized spacial score (nSPS) is 19.6. The predicted molar refractivity (Wildman–Crippen MR) is 64.1 cm³/mol. The van der Waals surface area contributed by atoms with Crippen LogP contribution >= 0.6 is 0 Å². The van der Waals surface area contributed by atoms with Crippen molar-refractivity contribution in [2.24, 2.45) is 0 Å². The largest absolute Gasteiger partial charge is 0.508 e. The summed E-state index contributed by atoms with van der Waals surface area (Å²) in [6.45, 7) is 2.82. The first-order valence-electron chi connectivity index (χ1n) is 5.96. The van der Waals surface area contributed by atoms with E-state index in [1.54, 1.807) is 0 Å². The van der Waals surface area contributed by atoms with Crippen LogP contribution in [0.1, 0.15) is 36.5 Å². The molecule has 2 N–H and O–H groups in total. The van der Waals surface area contributed by atoms with Crippen molar-refractivity contribution in [3.8, 4) is 11.5 Å². The minimum Gasteiger partial charge on any atom is -0.508 e. The quantitative estimate of drug-likeness (QED) is 0.825. The summed E-state index contributed by atoms with van der Waals surface area (Å²) in [5.74, 6) is -0.276. The van der Waals surface area contributed by atoms with Crippen LogP contribution in [-0.4, -0.2) is 33.6 Å². The highest BCUT2D eigenvalue weighted by Crippen LogP contribution is 2.26. The van der Waals surface area contributed by atoms with Crippen LogP contribution in [0.3, 0.4) is 0 Å². The molecule has 1 aromatic rings. The second-order valence-electron chi connectivity index (χ2n) is 4.44. The third-order valence-corrected chi connectivity index (χ3v) is 3.26. The average Bonchev–Trinajstić information content (AvgIpc) is 2.74. The average molecular weight is 235 g/mol. The number of phenolic OH excluding ortho intramolecular Hbond substituents is 2. The van der Waals surface area contributed by atoms with Crippen LogP contribution in [0.4, 0.5) is 0 Å². The molecule has 4 heteroatoms. The lowest BCUT2D eigenvalue weighted by molar-refractivity contribution is 0.0733. The molecule has 1 aliphatic heterocycles. The van der Waals surface area contributed by atoms with Crippen LogP contribution in [0, 0.1) is 0 Å². The molecule has 1 aliphatic rings. The third-order valence-electron chi connectivity index (χ3n) is 3.26. The standard InChI is InChI=1S/C13H17NO3/c1-2-10-4-3-5-14(10)13(17)9-6-11(15)8-12(16)7-9/h6-8,10,15-16H,2-5H2,1H3. The van der Waals surface area contributed by atoms with Gasteiger partial charge in [0, 0.05) is 24.2 Å². The maximum atomic E-state index is 12.2. The lowest BCUT2D eigenvalue weighted by Crippen LogP contribution is -2.35. The second-order valence-corrected chi connectivity index (χ2v) is 4.44. The molecule has 4 nitrogen and oxygen atoms in total. The van der Waals surface area contributed by atoms with Gasteiger partial charge in [-0.05, 0) is 31.4 Å². The van der Waals surface area contributed by atoms with Crippen molar-refractivity contribution in [2.45, 2.75) is 32.2 Å². The Morgan fingerprint density at radius 3 is 2.59 bits per heavy atom. The van der Waals surface area contributed by atoms with E-state index in [9.17, 15) is 15.0 Å². The molecule has 1 amide bonds. The van der Waals surface area contributed by atoms with E-state index in [0.717, 1.165) is 25.8 Å². The molecule has 0 saturated carbocycles. The fraction of sp³-hybridized carbons (Fsp3) is 0.462. The Bertz CT molecular complexity index is 410. The summed E-state index contributed by atoms with van der Waals surface area (Å²) in [5.41, 5.74) is 0.350. The molecule has 0 radical (unpaired) electrons. The Balaban J connectivity index is 2.24. The van der Waals surface area contributed by atoms with Crippen LogP contribution in [0.15, 0.2) is 18.2 Å². The van der Waals surface area contributed by atoms with Crippen LogP contribution in [0.2, 0.25) is 0 Å². The number of likely N-dealkylation sites (tertiary alicyclic amines) is 1. The molecule has 0 spiro atoms. The smallest absolute Gasteiger partial charge is 0.254 e. The van der Waals surface area contributed by atoms with Gasteiger partial charge in [0.1, 0.15) is 11.5 Å². The van der Waals surface area contributed by atoms with Gasteiger partial charge >= 0.3 is 0 Å². The Morgan fingerprint density at radius 1 is 1.35 bits per heavy atom. The number of phenols is 2. The lowest BCUT2D eigenvalue weighted by Gasteiger charge is -2.23. The maximum Gasteiger partial charge on any atom is 0.254 e. The molecule has 1 fully saturated rings. The molecule has 1 unspecified atom stereocenters. The van der Waals surface area contributed by atoms with E-state index in [-0.39, 0.29) is 23.4 Å². The monoisotopic (exact) mass is 235 g/mol. The van der Waals surface area contributed by atoms with Gasteiger partial charge in [0.05, 0.1) is 0 Å². The molecule has 1 heterocycles. The number of hydrogen-bond donors (Lipinski definition) is 2. The van der Waals surface area contributed by atoms with Crippen LogP contribution < -0.4 is 0 Å². The van der Waals surface area contributed by atoms with Crippen molar-refractivity contribution in [1.82, 2.24) is 4.90 Å². The second kappa shape index (κ2) is 4.65. The fourth-order valence-corrected chi connectivity index (χ4v) is 2.41. The molecule has 2 rings (SSSR count). The number of rotatable bonds is 2. The summed E-state index contributed by atoms with van der Waals surface area (Å²) in [6, 6.07) is 4.30. The van der Waals surface area contributed by atoms with Gasteiger partial charge in [-0.15, -0.1) is 0 Å². The molecular formula is C13H17NO3. The number of nitrogens with zero attached hydrogens (tertiary/aromatic N) is 1. The van der Waals surface area contributed by atoms with Crippen LogP contribution in [0.25, 0.3) is 0 Å². The number of amides is 1. The molecule has 1 aromatic carbocycles. The number of carbonyl (C=O) groups is 1. The van der Waals surface area contributed by atoms with Gasteiger partial charge in [-0.1, -0.05) is 6.92 Å².